The lowest BCUT2D eigenvalue weighted by molar-refractivity contribution is -0.139. The summed E-state index contributed by atoms with van der Waals surface area (Å²) in [5.41, 5.74) is 0.448. The number of esters is 1. The summed E-state index contributed by atoms with van der Waals surface area (Å²) in [7, 11) is 0. The summed E-state index contributed by atoms with van der Waals surface area (Å²) in [6.45, 7) is 3.16. The van der Waals surface area contributed by atoms with E-state index >= 15 is 0 Å². The summed E-state index contributed by atoms with van der Waals surface area (Å²) in [4.78, 5) is 23.0. The molecule has 0 heterocycles. The maximum Gasteiger partial charge on any atom is 0.341 e. The molecule has 1 aromatic rings. The number of carbonyl (C=O) groups is 2. The van der Waals surface area contributed by atoms with Crippen molar-refractivity contribution >= 4 is 41.0 Å². The third kappa shape index (κ3) is 3.59. The van der Waals surface area contributed by atoms with Crippen LogP contribution in [0.15, 0.2) is 23.8 Å². The Kier molecular flexibility index (Phi) is 5.38. The van der Waals surface area contributed by atoms with Crippen LogP contribution < -0.4 is 0 Å². The van der Waals surface area contributed by atoms with Gasteiger partial charge >= 0.3 is 5.97 Å². The molecule has 0 aromatic heterocycles. The first-order chi connectivity index (χ1) is 8.47. The quantitative estimate of drug-likeness (QED) is 0.368. The molecule has 1 rings (SSSR count). The van der Waals surface area contributed by atoms with Crippen molar-refractivity contribution in [3.8, 4) is 0 Å². The van der Waals surface area contributed by atoms with Gasteiger partial charge in [0.15, 0.2) is 5.78 Å². The third-order valence-corrected chi connectivity index (χ3v) is 2.99. The van der Waals surface area contributed by atoms with Gasteiger partial charge in [-0.3, -0.25) is 4.79 Å². The lowest BCUT2D eigenvalue weighted by atomic mass is 10.1. The lowest BCUT2D eigenvalue weighted by Gasteiger charge is -2.05. The Morgan fingerprint density at radius 2 is 2.00 bits per heavy atom. The molecular formula is C13H12Cl2O3. The van der Waals surface area contributed by atoms with E-state index in [4.69, 9.17) is 27.9 Å². The van der Waals surface area contributed by atoms with Gasteiger partial charge in [-0.2, -0.15) is 0 Å². The molecule has 0 bridgehead atoms. The molecular weight excluding hydrogens is 275 g/mol. The van der Waals surface area contributed by atoms with E-state index in [1.165, 1.54) is 13.0 Å². The molecule has 0 spiro atoms. The zero-order chi connectivity index (χ0) is 13.7. The van der Waals surface area contributed by atoms with Gasteiger partial charge in [-0.15, -0.1) is 0 Å². The van der Waals surface area contributed by atoms with E-state index in [-0.39, 0.29) is 18.0 Å². The maximum absolute atomic E-state index is 11.6. The van der Waals surface area contributed by atoms with Crippen LogP contribution in [0.5, 0.6) is 0 Å². The largest absolute Gasteiger partial charge is 0.462 e. The van der Waals surface area contributed by atoms with Crippen LogP contribution in [-0.2, 0) is 14.3 Å². The summed E-state index contributed by atoms with van der Waals surface area (Å²) in [6.07, 6.45) is 1.38. The van der Waals surface area contributed by atoms with Crippen molar-refractivity contribution in [2.45, 2.75) is 13.8 Å². The topological polar surface area (TPSA) is 43.4 Å². The van der Waals surface area contributed by atoms with Crippen LogP contribution in [0.4, 0.5) is 0 Å². The summed E-state index contributed by atoms with van der Waals surface area (Å²) in [5, 5.41) is 0.652. The zero-order valence-electron chi connectivity index (χ0n) is 10.00. The fourth-order valence-electron chi connectivity index (χ4n) is 1.30. The lowest BCUT2D eigenvalue weighted by Crippen LogP contribution is -2.13. The van der Waals surface area contributed by atoms with Gasteiger partial charge < -0.3 is 4.74 Å². The highest BCUT2D eigenvalue weighted by Crippen LogP contribution is 2.27. The van der Waals surface area contributed by atoms with Gasteiger partial charge in [-0.25, -0.2) is 4.79 Å². The Morgan fingerprint density at radius 1 is 1.33 bits per heavy atom. The van der Waals surface area contributed by atoms with Gasteiger partial charge in [0, 0.05) is 0 Å². The van der Waals surface area contributed by atoms with Gasteiger partial charge in [-0.05, 0) is 31.6 Å². The number of Topliss-reactive ketones (excluding diaryl/α,β-unsaturated/α-hetero) is 1. The molecule has 0 aliphatic carbocycles. The van der Waals surface area contributed by atoms with Crippen LogP contribution in [-0.4, -0.2) is 18.4 Å². The fraction of sp³-hybridized carbons (Fsp3) is 0.231. The predicted molar refractivity (Wildman–Crippen MR) is 71.8 cm³/mol. The Labute approximate surface area is 115 Å². The normalized spacial score (nSPS) is 11.2. The predicted octanol–water partition coefficient (Wildman–Crippen LogP) is 3.53. The van der Waals surface area contributed by atoms with E-state index in [1.54, 1.807) is 25.1 Å². The van der Waals surface area contributed by atoms with Crippen molar-refractivity contribution in [2.24, 2.45) is 0 Å². The molecule has 0 atom stereocenters. The highest BCUT2D eigenvalue weighted by Gasteiger charge is 2.16. The zero-order valence-corrected chi connectivity index (χ0v) is 11.5. The Hall–Kier alpha value is -1.32. The van der Waals surface area contributed by atoms with Crippen LogP contribution >= 0.6 is 23.2 Å². The molecule has 5 heteroatoms. The first-order valence-corrected chi connectivity index (χ1v) is 6.06. The van der Waals surface area contributed by atoms with Gasteiger partial charge in [0.25, 0.3) is 0 Å². The van der Waals surface area contributed by atoms with E-state index in [9.17, 15) is 9.59 Å². The molecule has 0 saturated carbocycles. The number of ether oxygens (including phenoxy) is 1. The molecule has 0 amide bonds. The number of carbonyl (C=O) groups excluding carboxylic acids is 2. The molecule has 0 saturated heterocycles. The summed E-state index contributed by atoms with van der Waals surface area (Å²) >= 11 is 11.8. The molecule has 18 heavy (non-hydrogen) atoms. The van der Waals surface area contributed by atoms with E-state index < -0.39 is 5.97 Å². The Morgan fingerprint density at radius 3 is 2.56 bits per heavy atom. The second kappa shape index (κ2) is 6.57. The Balaban J connectivity index is 3.21. The van der Waals surface area contributed by atoms with Gasteiger partial charge in [0.1, 0.15) is 5.57 Å². The summed E-state index contributed by atoms with van der Waals surface area (Å²) in [6, 6.07) is 4.97. The minimum atomic E-state index is -0.666. The highest BCUT2D eigenvalue weighted by atomic mass is 35.5. The smallest absolute Gasteiger partial charge is 0.341 e. The van der Waals surface area contributed by atoms with Crippen LogP contribution in [0.25, 0.3) is 6.08 Å². The molecule has 0 fully saturated rings. The van der Waals surface area contributed by atoms with E-state index in [1.807, 2.05) is 0 Å². The summed E-state index contributed by atoms with van der Waals surface area (Å²) < 4.78 is 4.80. The minimum Gasteiger partial charge on any atom is -0.462 e. The third-order valence-electron chi connectivity index (χ3n) is 2.16. The molecule has 0 aliphatic rings. The molecule has 96 valence electrons. The average Bonchev–Trinajstić information content (AvgIpc) is 2.30. The Bertz CT molecular complexity index is 507. The molecule has 0 N–H and O–H groups in total. The van der Waals surface area contributed by atoms with Gasteiger partial charge in [0.2, 0.25) is 0 Å². The standard InChI is InChI=1S/C13H12Cl2O3/c1-3-18-13(17)10(8(2)16)7-9-5-4-6-11(14)12(9)15/h4-7H,3H2,1-2H3/b10-7+. The van der Waals surface area contributed by atoms with Crippen LogP contribution in [0.3, 0.4) is 0 Å². The van der Waals surface area contributed by atoms with Crippen molar-refractivity contribution in [3.63, 3.8) is 0 Å². The van der Waals surface area contributed by atoms with Gasteiger partial charge in [-0.1, -0.05) is 35.3 Å². The van der Waals surface area contributed by atoms with Crippen molar-refractivity contribution in [1.82, 2.24) is 0 Å². The fourth-order valence-corrected chi connectivity index (χ4v) is 1.66. The second-order valence-electron chi connectivity index (χ2n) is 3.48. The number of hydrogen-bond acceptors (Lipinski definition) is 3. The number of rotatable bonds is 4. The molecule has 1 aromatic carbocycles. The van der Waals surface area contributed by atoms with E-state index in [0.717, 1.165) is 0 Å². The van der Waals surface area contributed by atoms with Crippen molar-refractivity contribution in [1.29, 1.82) is 0 Å². The maximum atomic E-state index is 11.6. The number of hydrogen-bond donors (Lipinski definition) is 0. The first kappa shape index (κ1) is 14.7. The van der Waals surface area contributed by atoms with Crippen LogP contribution in [0.1, 0.15) is 19.4 Å². The first-order valence-electron chi connectivity index (χ1n) is 5.31. The molecule has 0 radical (unpaired) electrons. The molecule has 0 unspecified atom stereocenters. The SMILES string of the molecule is CCOC(=O)/C(=C/c1cccc(Cl)c1Cl)C(C)=O. The molecule has 0 aliphatic heterocycles. The van der Waals surface area contributed by atoms with Crippen LogP contribution in [0, 0.1) is 0 Å². The van der Waals surface area contributed by atoms with E-state index in [2.05, 4.69) is 0 Å². The van der Waals surface area contributed by atoms with Crippen molar-refractivity contribution < 1.29 is 14.3 Å². The van der Waals surface area contributed by atoms with Crippen LogP contribution in [0.2, 0.25) is 10.0 Å². The van der Waals surface area contributed by atoms with Crippen molar-refractivity contribution in [2.75, 3.05) is 6.61 Å². The number of benzene rings is 1. The monoisotopic (exact) mass is 286 g/mol. The van der Waals surface area contributed by atoms with Crippen molar-refractivity contribution in [3.05, 3.63) is 39.4 Å². The molecule has 3 nitrogen and oxygen atoms in total. The number of halogens is 2. The van der Waals surface area contributed by atoms with Gasteiger partial charge in [0.05, 0.1) is 16.7 Å². The second-order valence-corrected chi connectivity index (χ2v) is 4.26. The highest BCUT2D eigenvalue weighted by molar-refractivity contribution is 6.43. The summed E-state index contributed by atoms with van der Waals surface area (Å²) in [5.74, 6) is -1.05. The van der Waals surface area contributed by atoms with E-state index in [0.29, 0.717) is 15.6 Å². The number of ketones is 1. The average molecular weight is 287 g/mol. The minimum absolute atomic E-state index is 0.0546.